The van der Waals surface area contributed by atoms with E-state index in [1.54, 1.807) is 6.20 Å². The summed E-state index contributed by atoms with van der Waals surface area (Å²) in [6.45, 7) is 1.84. The lowest BCUT2D eigenvalue weighted by Gasteiger charge is -2.42. The molecule has 0 unspecified atom stereocenters. The van der Waals surface area contributed by atoms with Gasteiger partial charge >= 0.3 is 12.4 Å². The van der Waals surface area contributed by atoms with Gasteiger partial charge in [-0.1, -0.05) is 24.3 Å². The molecule has 5 rings (SSSR count). The maximum Gasteiger partial charge on any atom is 0.416 e. The molecule has 1 atom stereocenters. The normalized spacial score (nSPS) is 16.0. The zero-order chi connectivity index (χ0) is 29.9. The van der Waals surface area contributed by atoms with Crippen LogP contribution in [0.25, 0.3) is 10.9 Å². The number of hydrogen-bond acceptors (Lipinski definition) is 3. The Balaban J connectivity index is 0.00000264. The number of fused-ring (bicyclic) bond motifs is 1. The van der Waals surface area contributed by atoms with Crippen molar-refractivity contribution in [3.05, 3.63) is 101 Å². The van der Waals surface area contributed by atoms with E-state index in [1.807, 2.05) is 48.7 Å². The zero-order valence-electron chi connectivity index (χ0n) is 23.5. The summed E-state index contributed by atoms with van der Waals surface area (Å²) >= 11 is 0. The smallest absolute Gasteiger partial charge is 0.361 e. The number of nitrogens with one attached hydrogen (secondary N) is 1. The van der Waals surface area contributed by atoms with Gasteiger partial charge in [-0.15, -0.1) is 24.8 Å². The van der Waals surface area contributed by atoms with Gasteiger partial charge in [0.1, 0.15) is 0 Å². The van der Waals surface area contributed by atoms with Crippen LogP contribution in [-0.4, -0.2) is 57.9 Å². The molecule has 4 aromatic rings. The minimum absolute atomic E-state index is 0. The molecule has 1 N–H and O–H groups in total. The first-order valence-electron chi connectivity index (χ1n) is 13.8. The molecule has 0 spiro atoms. The fraction of sp³-hybridized carbons (Fsp3) is 0.355. The van der Waals surface area contributed by atoms with Gasteiger partial charge in [0.15, 0.2) is 0 Å². The van der Waals surface area contributed by atoms with Crippen molar-refractivity contribution in [2.24, 2.45) is 0 Å². The van der Waals surface area contributed by atoms with E-state index in [9.17, 15) is 31.1 Å². The van der Waals surface area contributed by atoms with Gasteiger partial charge in [-0.3, -0.25) is 14.7 Å². The van der Waals surface area contributed by atoms with Crippen LogP contribution in [0.4, 0.5) is 26.3 Å². The molecular formula is C31H32Cl2F6N4O. The quantitative estimate of drug-likeness (QED) is 0.155. The van der Waals surface area contributed by atoms with Gasteiger partial charge < -0.3 is 9.88 Å². The molecule has 5 nitrogen and oxygen atoms in total. The average molecular weight is 662 g/mol. The Kier molecular flexibility index (Phi) is 11.7. The first kappa shape index (κ1) is 35.2. The van der Waals surface area contributed by atoms with E-state index < -0.39 is 41.0 Å². The second kappa shape index (κ2) is 14.7. The van der Waals surface area contributed by atoms with Gasteiger partial charge in [0.25, 0.3) is 5.91 Å². The lowest BCUT2D eigenvalue weighted by molar-refractivity contribution is -0.143. The van der Waals surface area contributed by atoms with Crippen molar-refractivity contribution >= 4 is 41.6 Å². The van der Waals surface area contributed by atoms with Gasteiger partial charge in [0.05, 0.1) is 11.1 Å². The van der Waals surface area contributed by atoms with Crippen molar-refractivity contribution in [3.63, 3.8) is 0 Å². The number of H-pyrrole nitrogens is 1. The SMILES string of the molecule is Cl.Cl.O=C(c1cc(C(F)(F)F)cc(C(F)(F)F)c1)N1CCN(CCCCc2ccccn2)C[C@H]1Cc1c[nH]c2ccccc12. The molecule has 0 saturated carbocycles. The number of aromatic amines is 1. The Hall–Kier alpha value is -3.28. The number of alkyl halides is 6. The third-order valence-corrected chi connectivity index (χ3v) is 7.68. The number of nitrogens with zero attached hydrogens (tertiary/aromatic N) is 3. The Morgan fingerprint density at radius 3 is 2.23 bits per heavy atom. The Labute approximate surface area is 263 Å². The summed E-state index contributed by atoms with van der Waals surface area (Å²) < 4.78 is 81.1. The molecular weight excluding hydrogens is 629 g/mol. The van der Waals surface area contributed by atoms with Crippen molar-refractivity contribution in [1.29, 1.82) is 0 Å². The Morgan fingerprint density at radius 2 is 1.57 bits per heavy atom. The van der Waals surface area contributed by atoms with Gasteiger partial charge in [0.2, 0.25) is 0 Å². The maximum absolute atomic E-state index is 13.6. The van der Waals surface area contributed by atoms with Crippen LogP contribution in [0, 0.1) is 0 Å². The zero-order valence-corrected chi connectivity index (χ0v) is 25.1. The summed E-state index contributed by atoms with van der Waals surface area (Å²) in [5, 5.41) is 0.954. The number of benzene rings is 2. The lowest BCUT2D eigenvalue weighted by atomic mass is 9.98. The number of pyridine rings is 1. The van der Waals surface area contributed by atoms with Crippen LogP contribution in [0.5, 0.6) is 0 Å². The average Bonchev–Trinajstić information content (AvgIpc) is 3.37. The van der Waals surface area contributed by atoms with Crippen LogP contribution in [-0.2, 0) is 25.2 Å². The van der Waals surface area contributed by atoms with E-state index in [2.05, 4.69) is 14.9 Å². The molecule has 2 aromatic carbocycles. The van der Waals surface area contributed by atoms with E-state index >= 15 is 0 Å². The third kappa shape index (κ3) is 8.46. The minimum atomic E-state index is -5.03. The largest absolute Gasteiger partial charge is 0.416 e. The molecule has 0 bridgehead atoms. The Morgan fingerprint density at radius 1 is 0.886 bits per heavy atom. The van der Waals surface area contributed by atoms with Crippen LogP contribution in [0.2, 0.25) is 0 Å². The molecule has 1 aliphatic heterocycles. The third-order valence-electron chi connectivity index (χ3n) is 7.68. The van der Waals surface area contributed by atoms with Crippen LogP contribution < -0.4 is 0 Å². The standard InChI is InChI=1S/C31H30F6N4O.2ClH/c32-30(33,34)23-15-21(16-24(18-23)31(35,36)37)29(42)41-14-13-40(12-6-4-8-25-7-3-5-11-38-25)20-26(41)17-22-19-39-28-10-2-1-9-27(22)28;;/h1-3,5,7,9-11,15-16,18-19,26,39H,4,6,8,12-14,17,20H2;2*1H/t26-;;/m1../s1. The highest BCUT2D eigenvalue weighted by atomic mass is 35.5. The predicted octanol–water partition coefficient (Wildman–Crippen LogP) is 7.84. The van der Waals surface area contributed by atoms with Crippen LogP contribution in [0.1, 0.15) is 45.6 Å². The lowest BCUT2D eigenvalue weighted by Crippen LogP contribution is -2.56. The van der Waals surface area contributed by atoms with E-state index in [0.717, 1.165) is 48.0 Å². The van der Waals surface area contributed by atoms with Crippen molar-refractivity contribution in [2.45, 2.75) is 44.1 Å². The van der Waals surface area contributed by atoms with Crippen molar-refractivity contribution in [2.75, 3.05) is 26.2 Å². The summed E-state index contributed by atoms with van der Waals surface area (Å²) in [5.74, 6) is -0.841. The first-order valence-corrected chi connectivity index (χ1v) is 13.8. The van der Waals surface area contributed by atoms with E-state index in [0.29, 0.717) is 31.6 Å². The Bertz CT molecular complexity index is 1490. The second-order valence-electron chi connectivity index (χ2n) is 10.6. The molecule has 1 amide bonds. The molecule has 238 valence electrons. The molecule has 44 heavy (non-hydrogen) atoms. The summed E-state index contributed by atoms with van der Waals surface area (Å²) in [6, 6.07) is 14.0. The second-order valence-corrected chi connectivity index (χ2v) is 10.6. The number of para-hydroxylation sites is 1. The summed E-state index contributed by atoms with van der Waals surface area (Å²) in [5.41, 5.74) is -0.791. The number of unbranched alkanes of at least 4 members (excludes halogenated alkanes) is 1. The number of aryl methyl sites for hydroxylation is 1. The fourth-order valence-electron chi connectivity index (χ4n) is 5.55. The van der Waals surface area contributed by atoms with Gasteiger partial charge in [-0.2, -0.15) is 26.3 Å². The molecule has 0 radical (unpaired) electrons. The molecule has 1 fully saturated rings. The maximum atomic E-state index is 13.6. The number of carbonyl (C=O) groups excluding carboxylic acids is 1. The molecule has 13 heteroatoms. The number of aromatic nitrogens is 2. The highest BCUT2D eigenvalue weighted by molar-refractivity contribution is 5.95. The van der Waals surface area contributed by atoms with Crippen LogP contribution in [0.15, 0.2) is 73.1 Å². The molecule has 1 saturated heterocycles. The van der Waals surface area contributed by atoms with Crippen molar-refractivity contribution in [3.8, 4) is 0 Å². The monoisotopic (exact) mass is 660 g/mol. The van der Waals surface area contributed by atoms with Crippen LogP contribution >= 0.6 is 24.8 Å². The number of hydrogen-bond donors (Lipinski definition) is 1. The predicted molar refractivity (Wildman–Crippen MR) is 161 cm³/mol. The number of amides is 1. The molecule has 0 aliphatic carbocycles. The highest BCUT2D eigenvalue weighted by Crippen LogP contribution is 2.37. The van der Waals surface area contributed by atoms with E-state index in [4.69, 9.17) is 0 Å². The molecule has 2 aromatic heterocycles. The minimum Gasteiger partial charge on any atom is -0.361 e. The number of rotatable bonds is 8. The van der Waals surface area contributed by atoms with Crippen molar-refractivity contribution < 1.29 is 31.1 Å². The summed E-state index contributed by atoms with van der Waals surface area (Å²) in [6.07, 6.45) is -3.46. The van der Waals surface area contributed by atoms with E-state index in [-0.39, 0.29) is 37.4 Å². The molecule has 1 aliphatic rings. The number of carbonyl (C=O) groups is 1. The summed E-state index contributed by atoms with van der Waals surface area (Å²) in [4.78, 5) is 24.8. The van der Waals surface area contributed by atoms with E-state index in [1.165, 1.54) is 4.90 Å². The van der Waals surface area contributed by atoms with Gasteiger partial charge in [-0.05, 0) is 74.2 Å². The fourth-order valence-corrected chi connectivity index (χ4v) is 5.55. The first-order chi connectivity index (χ1) is 20.0. The topological polar surface area (TPSA) is 52.2 Å². The van der Waals surface area contributed by atoms with Gasteiger partial charge in [-0.25, -0.2) is 0 Å². The van der Waals surface area contributed by atoms with Crippen molar-refractivity contribution in [1.82, 2.24) is 19.8 Å². The van der Waals surface area contributed by atoms with Crippen LogP contribution in [0.3, 0.4) is 0 Å². The molecule has 3 heterocycles. The number of piperazine rings is 1. The van der Waals surface area contributed by atoms with Gasteiger partial charge in [0, 0.05) is 60.2 Å². The number of halogens is 8. The summed E-state index contributed by atoms with van der Waals surface area (Å²) in [7, 11) is 0. The highest BCUT2D eigenvalue weighted by Gasteiger charge is 2.39.